The van der Waals surface area contributed by atoms with Gasteiger partial charge in [0.1, 0.15) is 6.10 Å². The third kappa shape index (κ3) is 6.13. The molecule has 1 saturated heterocycles. The minimum atomic E-state index is -1.29. The maximum absolute atomic E-state index is 9.57. The summed E-state index contributed by atoms with van der Waals surface area (Å²) in [6.45, 7) is 1.35. The van der Waals surface area contributed by atoms with Crippen LogP contribution in [0.5, 0.6) is 0 Å². The van der Waals surface area contributed by atoms with Gasteiger partial charge in [0, 0.05) is 27.4 Å². The number of hydrogen-bond acceptors (Lipinski definition) is 7. The molecule has 114 valence electrons. The lowest BCUT2D eigenvalue weighted by Crippen LogP contribution is -2.51. The predicted molar refractivity (Wildman–Crippen MR) is 65.3 cm³/mol. The smallest absolute Gasteiger partial charge is 0.209 e. The zero-order valence-corrected chi connectivity index (χ0v) is 11.5. The Morgan fingerprint density at radius 2 is 1.63 bits per heavy atom. The maximum Gasteiger partial charge on any atom is 0.209 e. The van der Waals surface area contributed by atoms with Crippen LogP contribution in [0.25, 0.3) is 0 Å². The largest absolute Gasteiger partial charge is 0.385 e. The first-order valence-corrected chi connectivity index (χ1v) is 6.45. The maximum atomic E-state index is 9.57. The SMILES string of the molecule is COCCCCCOC1OC(COC)C(O)OC1O. The van der Waals surface area contributed by atoms with Gasteiger partial charge in [-0.2, -0.15) is 0 Å². The van der Waals surface area contributed by atoms with Crippen molar-refractivity contribution in [2.45, 2.75) is 44.2 Å². The highest BCUT2D eigenvalue weighted by Gasteiger charge is 2.37. The Morgan fingerprint density at radius 1 is 0.895 bits per heavy atom. The molecule has 0 aromatic rings. The molecule has 0 aromatic carbocycles. The number of rotatable bonds is 9. The molecule has 0 bridgehead atoms. The standard InChI is InChI=1S/C12H24O7/c1-15-6-4-3-5-7-17-12-11(14)19-10(13)9(18-12)8-16-2/h9-14H,3-8H2,1-2H3. The van der Waals surface area contributed by atoms with E-state index in [0.29, 0.717) is 6.61 Å². The van der Waals surface area contributed by atoms with E-state index in [1.54, 1.807) is 7.11 Å². The van der Waals surface area contributed by atoms with Gasteiger partial charge in [0.05, 0.1) is 6.61 Å². The lowest BCUT2D eigenvalue weighted by Gasteiger charge is -2.36. The summed E-state index contributed by atoms with van der Waals surface area (Å²) in [5.74, 6) is 0. The molecule has 7 heteroatoms. The summed E-state index contributed by atoms with van der Waals surface area (Å²) in [6.07, 6.45) is -1.28. The Bertz CT molecular complexity index is 226. The van der Waals surface area contributed by atoms with Crippen molar-refractivity contribution in [1.29, 1.82) is 0 Å². The molecule has 1 heterocycles. The molecule has 19 heavy (non-hydrogen) atoms. The van der Waals surface area contributed by atoms with E-state index in [-0.39, 0.29) is 6.61 Å². The number of aliphatic hydroxyl groups is 2. The highest BCUT2D eigenvalue weighted by molar-refractivity contribution is 4.69. The zero-order chi connectivity index (χ0) is 14.1. The summed E-state index contributed by atoms with van der Waals surface area (Å²) in [6, 6.07) is 0. The van der Waals surface area contributed by atoms with Crippen LogP contribution >= 0.6 is 0 Å². The number of methoxy groups -OCH3 is 2. The van der Waals surface area contributed by atoms with Crippen LogP contribution < -0.4 is 0 Å². The van der Waals surface area contributed by atoms with Gasteiger partial charge in [0.2, 0.25) is 12.6 Å². The highest BCUT2D eigenvalue weighted by Crippen LogP contribution is 2.19. The van der Waals surface area contributed by atoms with E-state index in [1.807, 2.05) is 0 Å². The predicted octanol–water partition coefficient (Wildman–Crippen LogP) is -0.156. The second-order valence-electron chi connectivity index (χ2n) is 4.34. The summed E-state index contributed by atoms with van der Waals surface area (Å²) in [5.41, 5.74) is 0. The Balaban J connectivity index is 2.20. The van der Waals surface area contributed by atoms with E-state index in [4.69, 9.17) is 23.7 Å². The fourth-order valence-corrected chi connectivity index (χ4v) is 1.73. The Morgan fingerprint density at radius 3 is 2.32 bits per heavy atom. The average molecular weight is 280 g/mol. The van der Waals surface area contributed by atoms with Crippen LogP contribution in [-0.4, -0.2) is 69.2 Å². The van der Waals surface area contributed by atoms with Crippen LogP contribution in [0.4, 0.5) is 0 Å². The molecular formula is C12H24O7. The molecule has 1 fully saturated rings. The van der Waals surface area contributed by atoms with Crippen LogP contribution in [0.3, 0.4) is 0 Å². The minimum Gasteiger partial charge on any atom is -0.385 e. The number of ether oxygens (including phenoxy) is 5. The molecule has 1 aliphatic rings. The molecule has 1 aliphatic heterocycles. The molecule has 0 radical (unpaired) electrons. The van der Waals surface area contributed by atoms with Crippen molar-refractivity contribution >= 4 is 0 Å². The summed E-state index contributed by atoms with van der Waals surface area (Å²) >= 11 is 0. The van der Waals surface area contributed by atoms with E-state index in [2.05, 4.69) is 0 Å². The van der Waals surface area contributed by atoms with Gasteiger partial charge in [-0.05, 0) is 19.3 Å². The fraction of sp³-hybridized carbons (Fsp3) is 1.00. The van der Waals surface area contributed by atoms with Crippen molar-refractivity contribution in [2.75, 3.05) is 34.0 Å². The highest BCUT2D eigenvalue weighted by atomic mass is 16.8. The lowest BCUT2D eigenvalue weighted by atomic mass is 10.2. The van der Waals surface area contributed by atoms with Gasteiger partial charge in [-0.3, -0.25) is 0 Å². The van der Waals surface area contributed by atoms with Gasteiger partial charge < -0.3 is 33.9 Å². The quantitative estimate of drug-likeness (QED) is 0.568. The summed E-state index contributed by atoms with van der Waals surface area (Å²) < 4.78 is 25.5. The second kappa shape index (κ2) is 9.60. The van der Waals surface area contributed by atoms with E-state index < -0.39 is 25.0 Å². The van der Waals surface area contributed by atoms with Gasteiger partial charge in [0.15, 0.2) is 6.29 Å². The molecule has 0 amide bonds. The Labute approximate surface area is 113 Å². The van der Waals surface area contributed by atoms with Crippen molar-refractivity contribution in [3.8, 4) is 0 Å². The second-order valence-corrected chi connectivity index (χ2v) is 4.34. The molecule has 7 nitrogen and oxygen atoms in total. The monoisotopic (exact) mass is 280 g/mol. The number of aliphatic hydroxyl groups excluding tert-OH is 2. The van der Waals surface area contributed by atoms with Gasteiger partial charge in [-0.15, -0.1) is 0 Å². The molecule has 1 rings (SSSR count). The van der Waals surface area contributed by atoms with Crippen LogP contribution in [0.1, 0.15) is 19.3 Å². The molecule has 0 spiro atoms. The molecule has 0 aromatic heterocycles. The Hall–Kier alpha value is -0.280. The fourth-order valence-electron chi connectivity index (χ4n) is 1.73. The third-order valence-electron chi connectivity index (χ3n) is 2.74. The van der Waals surface area contributed by atoms with Crippen molar-refractivity contribution in [2.24, 2.45) is 0 Å². The lowest BCUT2D eigenvalue weighted by molar-refractivity contribution is -0.388. The van der Waals surface area contributed by atoms with Crippen molar-refractivity contribution in [3.63, 3.8) is 0 Å². The molecule has 0 saturated carbocycles. The molecule has 0 aliphatic carbocycles. The topological polar surface area (TPSA) is 86.6 Å². The number of hydrogen-bond donors (Lipinski definition) is 2. The summed E-state index contributed by atoms with van der Waals surface area (Å²) in [4.78, 5) is 0. The normalized spacial score (nSPS) is 31.6. The summed E-state index contributed by atoms with van der Waals surface area (Å²) in [5, 5.41) is 19.1. The van der Waals surface area contributed by atoms with Gasteiger partial charge >= 0.3 is 0 Å². The number of unbranched alkanes of at least 4 members (excludes halogenated alkanes) is 2. The van der Waals surface area contributed by atoms with Crippen LogP contribution in [-0.2, 0) is 23.7 Å². The first-order valence-electron chi connectivity index (χ1n) is 6.45. The van der Waals surface area contributed by atoms with E-state index in [0.717, 1.165) is 25.9 Å². The third-order valence-corrected chi connectivity index (χ3v) is 2.74. The average Bonchev–Trinajstić information content (AvgIpc) is 2.38. The Kier molecular flexibility index (Phi) is 8.47. The van der Waals surface area contributed by atoms with E-state index >= 15 is 0 Å². The van der Waals surface area contributed by atoms with Crippen molar-refractivity contribution in [1.82, 2.24) is 0 Å². The minimum absolute atomic E-state index is 0.168. The molecule has 4 atom stereocenters. The van der Waals surface area contributed by atoms with Gasteiger partial charge in [-0.25, -0.2) is 0 Å². The van der Waals surface area contributed by atoms with E-state index in [9.17, 15) is 10.2 Å². The summed E-state index contributed by atoms with van der Waals surface area (Å²) in [7, 11) is 3.16. The zero-order valence-electron chi connectivity index (χ0n) is 11.5. The first kappa shape index (κ1) is 16.8. The van der Waals surface area contributed by atoms with Gasteiger partial charge in [0.25, 0.3) is 0 Å². The molecular weight excluding hydrogens is 256 g/mol. The van der Waals surface area contributed by atoms with Crippen molar-refractivity contribution in [3.05, 3.63) is 0 Å². The van der Waals surface area contributed by atoms with E-state index in [1.165, 1.54) is 7.11 Å². The van der Waals surface area contributed by atoms with Crippen LogP contribution in [0.2, 0.25) is 0 Å². The van der Waals surface area contributed by atoms with Crippen LogP contribution in [0.15, 0.2) is 0 Å². The molecule has 2 N–H and O–H groups in total. The van der Waals surface area contributed by atoms with Crippen LogP contribution in [0, 0.1) is 0 Å². The van der Waals surface area contributed by atoms with Gasteiger partial charge in [-0.1, -0.05) is 0 Å². The molecule has 4 unspecified atom stereocenters. The first-order chi connectivity index (χ1) is 9.19. The van der Waals surface area contributed by atoms with Crippen molar-refractivity contribution < 1.29 is 33.9 Å².